The minimum Gasteiger partial charge on any atom is -0.496 e. The fourth-order valence-electron chi connectivity index (χ4n) is 1.49. The third-order valence-corrected chi connectivity index (χ3v) is 3.75. The van der Waals surface area contributed by atoms with Crippen LogP contribution in [0.5, 0.6) is 5.75 Å². The van der Waals surface area contributed by atoms with Gasteiger partial charge in [-0.1, -0.05) is 20.3 Å². The van der Waals surface area contributed by atoms with Crippen LogP contribution in [-0.2, 0) is 4.79 Å². The molecule has 3 N–H and O–H groups in total. The lowest BCUT2D eigenvalue weighted by Crippen LogP contribution is -2.48. The number of amides is 2. The van der Waals surface area contributed by atoms with Crippen molar-refractivity contribution in [2.24, 2.45) is 11.7 Å². The predicted molar refractivity (Wildman–Crippen MR) is 70.8 cm³/mol. The van der Waals surface area contributed by atoms with Crippen molar-refractivity contribution in [2.45, 2.75) is 26.3 Å². The van der Waals surface area contributed by atoms with E-state index >= 15 is 0 Å². The Morgan fingerprint density at radius 1 is 1.56 bits per heavy atom. The number of hydrogen-bond acceptors (Lipinski definition) is 4. The van der Waals surface area contributed by atoms with Crippen molar-refractivity contribution in [3.63, 3.8) is 0 Å². The zero-order valence-corrected chi connectivity index (χ0v) is 11.5. The van der Waals surface area contributed by atoms with Crippen LogP contribution in [0, 0.1) is 5.92 Å². The Morgan fingerprint density at radius 3 is 2.67 bits per heavy atom. The second kappa shape index (κ2) is 6.39. The number of ether oxygens (including phenoxy) is 1. The zero-order valence-electron chi connectivity index (χ0n) is 10.7. The molecular weight excluding hydrogens is 252 g/mol. The number of rotatable bonds is 6. The fourth-order valence-corrected chi connectivity index (χ4v) is 2.24. The largest absolute Gasteiger partial charge is 0.496 e. The molecule has 100 valence electrons. The van der Waals surface area contributed by atoms with Crippen LogP contribution < -0.4 is 15.8 Å². The first-order valence-electron chi connectivity index (χ1n) is 5.72. The molecule has 2 amide bonds. The van der Waals surface area contributed by atoms with Crippen LogP contribution in [0.15, 0.2) is 11.4 Å². The summed E-state index contributed by atoms with van der Waals surface area (Å²) in [6.45, 7) is 3.83. The molecule has 0 fully saturated rings. The SMILES string of the molecule is CC[C@@H](C)[C@@H](NC(=O)c1cc(OC)cs1)C(N)=O. The number of primary amides is 1. The van der Waals surface area contributed by atoms with E-state index in [2.05, 4.69) is 5.32 Å². The molecule has 0 saturated heterocycles. The first-order valence-corrected chi connectivity index (χ1v) is 6.60. The summed E-state index contributed by atoms with van der Waals surface area (Å²) in [6, 6.07) is 0.991. The van der Waals surface area contributed by atoms with Crippen LogP contribution in [0.1, 0.15) is 29.9 Å². The highest BCUT2D eigenvalue weighted by Crippen LogP contribution is 2.21. The van der Waals surface area contributed by atoms with Gasteiger partial charge in [-0.3, -0.25) is 9.59 Å². The van der Waals surface area contributed by atoms with Gasteiger partial charge in [0.05, 0.1) is 12.0 Å². The molecule has 1 rings (SSSR count). The van der Waals surface area contributed by atoms with Gasteiger partial charge in [-0.2, -0.15) is 0 Å². The molecule has 0 saturated carbocycles. The van der Waals surface area contributed by atoms with Gasteiger partial charge in [0.15, 0.2) is 0 Å². The molecule has 2 atom stereocenters. The van der Waals surface area contributed by atoms with E-state index in [1.807, 2.05) is 13.8 Å². The van der Waals surface area contributed by atoms with Gasteiger partial charge in [0, 0.05) is 11.4 Å². The second-order valence-electron chi connectivity index (χ2n) is 4.09. The molecule has 0 bridgehead atoms. The van der Waals surface area contributed by atoms with Crippen molar-refractivity contribution in [3.05, 3.63) is 16.3 Å². The minimum absolute atomic E-state index is 0.00769. The molecule has 1 aromatic rings. The van der Waals surface area contributed by atoms with E-state index < -0.39 is 11.9 Å². The Labute approximate surface area is 110 Å². The van der Waals surface area contributed by atoms with Gasteiger partial charge < -0.3 is 15.8 Å². The quantitative estimate of drug-likeness (QED) is 0.819. The number of methoxy groups -OCH3 is 1. The number of nitrogens with two attached hydrogens (primary N) is 1. The lowest BCUT2D eigenvalue weighted by Gasteiger charge is -2.20. The molecule has 5 nitrogen and oxygen atoms in total. The molecule has 6 heteroatoms. The number of carbonyl (C=O) groups excluding carboxylic acids is 2. The Balaban J connectivity index is 2.75. The first kappa shape index (κ1) is 14.5. The maximum absolute atomic E-state index is 11.9. The number of nitrogens with one attached hydrogen (secondary N) is 1. The summed E-state index contributed by atoms with van der Waals surface area (Å²) in [5.41, 5.74) is 5.30. The third-order valence-electron chi connectivity index (χ3n) is 2.84. The summed E-state index contributed by atoms with van der Waals surface area (Å²) in [6.07, 6.45) is 0.766. The van der Waals surface area contributed by atoms with Crippen molar-refractivity contribution in [3.8, 4) is 5.75 Å². The van der Waals surface area contributed by atoms with Crippen molar-refractivity contribution in [1.82, 2.24) is 5.32 Å². The minimum atomic E-state index is -0.643. The molecule has 0 aliphatic carbocycles. The lowest BCUT2D eigenvalue weighted by atomic mass is 9.98. The number of hydrogen-bond donors (Lipinski definition) is 2. The standard InChI is InChI=1S/C12H18N2O3S/c1-4-7(2)10(11(13)15)14-12(16)9-5-8(17-3)6-18-9/h5-7,10H,4H2,1-3H3,(H2,13,15)(H,14,16)/t7-,10-/m1/s1. The van der Waals surface area contributed by atoms with Crippen LogP contribution in [0.2, 0.25) is 0 Å². The molecule has 18 heavy (non-hydrogen) atoms. The lowest BCUT2D eigenvalue weighted by molar-refractivity contribution is -0.120. The van der Waals surface area contributed by atoms with E-state index in [-0.39, 0.29) is 11.8 Å². The van der Waals surface area contributed by atoms with Gasteiger partial charge in [-0.15, -0.1) is 11.3 Å². The Kier molecular flexibility index (Phi) is 5.15. The molecule has 1 aromatic heterocycles. The van der Waals surface area contributed by atoms with Crippen LogP contribution in [-0.4, -0.2) is 25.0 Å². The van der Waals surface area contributed by atoms with Crippen molar-refractivity contribution >= 4 is 23.2 Å². The van der Waals surface area contributed by atoms with Crippen LogP contribution in [0.3, 0.4) is 0 Å². The first-order chi connectivity index (χ1) is 8.49. The van der Waals surface area contributed by atoms with Gasteiger partial charge in [0.1, 0.15) is 11.8 Å². The van der Waals surface area contributed by atoms with Crippen molar-refractivity contribution in [2.75, 3.05) is 7.11 Å². The normalized spacial score (nSPS) is 13.7. The van der Waals surface area contributed by atoms with E-state index in [0.717, 1.165) is 6.42 Å². The molecule has 0 unspecified atom stereocenters. The predicted octanol–water partition coefficient (Wildman–Crippen LogP) is 1.39. The van der Waals surface area contributed by atoms with Gasteiger partial charge in [-0.25, -0.2) is 0 Å². The average Bonchev–Trinajstić information content (AvgIpc) is 2.83. The topological polar surface area (TPSA) is 81.4 Å². The summed E-state index contributed by atoms with van der Waals surface area (Å²) in [7, 11) is 1.54. The maximum atomic E-state index is 11.9. The summed E-state index contributed by atoms with van der Waals surface area (Å²) >= 11 is 1.27. The Morgan fingerprint density at radius 2 is 2.22 bits per heavy atom. The van der Waals surface area contributed by atoms with E-state index in [9.17, 15) is 9.59 Å². The smallest absolute Gasteiger partial charge is 0.262 e. The second-order valence-corrected chi connectivity index (χ2v) is 5.00. The number of thiophene rings is 1. The summed E-state index contributed by atoms with van der Waals surface area (Å²) in [5.74, 6) is -0.175. The fraction of sp³-hybridized carbons (Fsp3) is 0.500. The van der Waals surface area contributed by atoms with E-state index in [4.69, 9.17) is 10.5 Å². The third kappa shape index (κ3) is 3.46. The summed E-state index contributed by atoms with van der Waals surface area (Å²) < 4.78 is 5.00. The highest BCUT2D eigenvalue weighted by Gasteiger charge is 2.24. The van der Waals surface area contributed by atoms with Gasteiger partial charge in [0.2, 0.25) is 5.91 Å². The highest BCUT2D eigenvalue weighted by atomic mass is 32.1. The van der Waals surface area contributed by atoms with Gasteiger partial charge in [-0.05, 0) is 5.92 Å². The van der Waals surface area contributed by atoms with Crippen molar-refractivity contribution < 1.29 is 14.3 Å². The Bertz CT molecular complexity index is 431. The van der Waals surface area contributed by atoms with Crippen LogP contribution in [0.4, 0.5) is 0 Å². The van der Waals surface area contributed by atoms with E-state index in [0.29, 0.717) is 10.6 Å². The summed E-state index contributed by atoms with van der Waals surface area (Å²) in [4.78, 5) is 23.8. The van der Waals surface area contributed by atoms with Crippen molar-refractivity contribution in [1.29, 1.82) is 0 Å². The number of carbonyl (C=O) groups is 2. The van der Waals surface area contributed by atoms with E-state index in [1.165, 1.54) is 18.4 Å². The molecular formula is C12H18N2O3S. The van der Waals surface area contributed by atoms with Crippen LogP contribution >= 0.6 is 11.3 Å². The zero-order chi connectivity index (χ0) is 13.7. The highest BCUT2D eigenvalue weighted by molar-refractivity contribution is 7.12. The van der Waals surface area contributed by atoms with Crippen LogP contribution in [0.25, 0.3) is 0 Å². The molecule has 0 aliphatic rings. The molecule has 0 aliphatic heterocycles. The Hall–Kier alpha value is -1.56. The van der Waals surface area contributed by atoms with Gasteiger partial charge in [0.25, 0.3) is 5.91 Å². The van der Waals surface area contributed by atoms with Gasteiger partial charge >= 0.3 is 0 Å². The molecule has 0 spiro atoms. The molecule has 0 radical (unpaired) electrons. The maximum Gasteiger partial charge on any atom is 0.262 e. The molecule has 1 heterocycles. The molecule has 0 aromatic carbocycles. The average molecular weight is 270 g/mol. The summed E-state index contributed by atoms with van der Waals surface area (Å²) in [5, 5.41) is 4.40. The van der Waals surface area contributed by atoms with E-state index in [1.54, 1.807) is 11.4 Å². The monoisotopic (exact) mass is 270 g/mol.